The summed E-state index contributed by atoms with van der Waals surface area (Å²) in [7, 11) is 0. The van der Waals surface area contributed by atoms with Crippen molar-refractivity contribution in [3.8, 4) is 0 Å². The number of rotatable bonds is 5. The number of H-pyrrole nitrogens is 1. The molecule has 2 aromatic rings. The van der Waals surface area contributed by atoms with Gasteiger partial charge in [0.25, 0.3) is 0 Å². The molecule has 3 heteroatoms. The highest BCUT2D eigenvalue weighted by molar-refractivity contribution is 5.14. The minimum absolute atomic E-state index is 0.102. The van der Waals surface area contributed by atoms with Crippen molar-refractivity contribution in [2.45, 2.75) is 13.0 Å². The van der Waals surface area contributed by atoms with Gasteiger partial charge in [-0.1, -0.05) is 30.3 Å². The van der Waals surface area contributed by atoms with Crippen molar-refractivity contribution in [2.24, 2.45) is 0 Å². The zero-order valence-electron chi connectivity index (χ0n) is 9.65. The Morgan fingerprint density at radius 2 is 1.94 bits per heavy atom. The average Bonchev–Trinajstić information content (AvgIpc) is 2.38. The van der Waals surface area contributed by atoms with E-state index in [2.05, 4.69) is 22.4 Å². The number of hydrogen-bond acceptors (Lipinski definition) is 2. The Morgan fingerprint density at radius 3 is 2.71 bits per heavy atom. The molecule has 0 bridgehead atoms. The van der Waals surface area contributed by atoms with E-state index in [0.29, 0.717) is 0 Å². The van der Waals surface area contributed by atoms with Gasteiger partial charge < -0.3 is 10.3 Å². The quantitative estimate of drug-likeness (QED) is 0.765. The van der Waals surface area contributed by atoms with E-state index >= 15 is 0 Å². The van der Waals surface area contributed by atoms with Crippen molar-refractivity contribution in [3.05, 3.63) is 70.1 Å². The first-order chi connectivity index (χ1) is 8.36. The van der Waals surface area contributed by atoms with Gasteiger partial charge in [0, 0.05) is 30.6 Å². The van der Waals surface area contributed by atoms with E-state index in [1.54, 1.807) is 18.5 Å². The summed E-state index contributed by atoms with van der Waals surface area (Å²) in [6.45, 7) is 1.65. The fraction of sp³-hybridized carbons (Fsp3) is 0.214. The van der Waals surface area contributed by atoms with Gasteiger partial charge in [0.2, 0.25) is 0 Å². The van der Waals surface area contributed by atoms with E-state index in [1.165, 1.54) is 5.56 Å². The van der Waals surface area contributed by atoms with Crippen molar-refractivity contribution in [1.29, 1.82) is 0 Å². The lowest BCUT2D eigenvalue weighted by atomic mass is 10.2. The van der Waals surface area contributed by atoms with Crippen molar-refractivity contribution < 1.29 is 0 Å². The molecule has 1 heterocycles. The van der Waals surface area contributed by atoms with Gasteiger partial charge in [-0.25, -0.2) is 0 Å². The van der Waals surface area contributed by atoms with E-state index in [4.69, 9.17) is 0 Å². The first kappa shape index (κ1) is 11.6. The Kier molecular flexibility index (Phi) is 4.11. The summed E-state index contributed by atoms with van der Waals surface area (Å²) >= 11 is 0. The van der Waals surface area contributed by atoms with Gasteiger partial charge in [0.05, 0.1) is 0 Å². The van der Waals surface area contributed by atoms with Crippen molar-refractivity contribution in [1.82, 2.24) is 10.3 Å². The highest BCUT2D eigenvalue weighted by atomic mass is 16.1. The number of hydrogen-bond donors (Lipinski definition) is 2. The third-order valence-corrected chi connectivity index (χ3v) is 2.65. The summed E-state index contributed by atoms with van der Waals surface area (Å²) in [5.41, 5.74) is 2.19. The molecule has 17 heavy (non-hydrogen) atoms. The molecule has 2 N–H and O–H groups in total. The lowest BCUT2D eigenvalue weighted by Crippen LogP contribution is -2.19. The van der Waals surface area contributed by atoms with E-state index in [9.17, 15) is 4.79 Å². The Morgan fingerprint density at radius 1 is 1.12 bits per heavy atom. The Bertz CT molecular complexity index is 505. The minimum Gasteiger partial charge on any atom is -0.367 e. The lowest BCUT2D eigenvalue weighted by molar-refractivity contribution is 0.684. The molecule has 88 valence electrons. The molecule has 0 radical (unpaired) electrons. The molecule has 3 nitrogen and oxygen atoms in total. The predicted octanol–water partition coefficient (Wildman–Crippen LogP) is 1.71. The summed E-state index contributed by atoms with van der Waals surface area (Å²) < 4.78 is 0. The molecule has 1 aromatic carbocycles. The number of aromatic amines is 1. The Labute approximate surface area is 101 Å². The van der Waals surface area contributed by atoms with Crippen LogP contribution in [-0.4, -0.2) is 11.5 Å². The van der Waals surface area contributed by atoms with Gasteiger partial charge in [-0.2, -0.15) is 0 Å². The van der Waals surface area contributed by atoms with Crippen LogP contribution in [0.4, 0.5) is 0 Å². The molecule has 0 fully saturated rings. The third-order valence-electron chi connectivity index (χ3n) is 2.65. The van der Waals surface area contributed by atoms with Crippen LogP contribution < -0.4 is 10.7 Å². The van der Waals surface area contributed by atoms with Crippen LogP contribution in [0.25, 0.3) is 0 Å². The summed E-state index contributed by atoms with van der Waals surface area (Å²) in [6.07, 6.45) is 4.18. The second-order valence-electron chi connectivity index (χ2n) is 3.95. The van der Waals surface area contributed by atoms with Crippen molar-refractivity contribution >= 4 is 0 Å². The van der Waals surface area contributed by atoms with Crippen LogP contribution in [0.5, 0.6) is 0 Å². The van der Waals surface area contributed by atoms with Crippen LogP contribution in [-0.2, 0) is 13.0 Å². The first-order valence-electron chi connectivity index (χ1n) is 5.77. The van der Waals surface area contributed by atoms with Gasteiger partial charge in [-0.3, -0.25) is 4.79 Å². The summed E-state index contributed by atoms with van der Waals surface area (Å²) in [4.78, 5) is 14.4. The Hall–Kier alpha value is -1.87. The monoisotopic (exact) mass is 228 g/mol. The molecule has 0 aliphatic rings. The van der Waals surface area contributed by atoms with E-state index in [1.807, 2.05) is 18.2 Å². The van der Waals surface area contributed by atoms with Gasteiger partial charge in [-0.05, 0) is 18.5 Å². The van der Waals surface area contributed by atoms with E-state index in [-0.39, 0.29) is 5.43 Å². The fourth-order valence-corrected chi connectivity index (χ4v) is 1.70. The maximum atomic E-state index is 11.4. The van der Waals surface area contributed by atoms with Crippen LogP contribution >= 0.6 is 0 Å². The van der Waals surface area contributed by atoms with Crippen LogP contribution in [0, 0.1) is 0 Å². The molecule has 0 aliphatic carbocycles. The molecule has 0 saturated heterocycles. The topological polar surface area (TPSA) is 44.9 Å². The molecule has 0 atom stereocenters. The Balaban J connectivity index is 1.78. The molecule has 2 rings (SSSR count). The van der Waals surface area contributed by atoms with Gasteiger partial charge in [-0.15, -0.1) is 0 Å². The maximum Gasteiger partial charge on any atom is 0.184 e. The standard InChI is InChI=1S/C14H16N2O/c17-14-7-9-16-11-13(14)6-8-15-10-12-4-2-1-3-5-12/h1-5,7,9,11,15H,6,8,10H2,(H,16,17). The van der Waals surface area contributed by atoms with Gasteiger partial charge in [0.1, 0.15) is 0 Å². The number of benzene rings is 1. The molecule has 0 aliphatic heterocycles. The zero-order chi connectivity index (χ0) is 11.9. The summed E-state index contributed by atoms with van der Waals surface area (Å²) in [5.74, 6) is 0. The molecule has 0 amide bonds. The van der Waals surface area contributed by atoms with Gasteiger partial charge in [0.15, 0.2) is 5.43 Å². The molecule has 0 saturated carbocycles. The average molecular weight is 228 g/mol. The molecular weight excluding hydrogens is 212 g/mol. The zero-order valence-corrected chi connectivity index (χ0v) is 9.65. The lowest BCUT2D eigenvalue weighted by Gasteiger charge is -2.04. The maximum absolute atomic E-state index is 11.4. The van der Waals surface area contributed by atoms with Crippen molar-refractivity contribution in [3.63, 3.8) is 0 Å². The second-order valence-corrected chi connectivity index (χ2v) is 3.95. The summed E-state index contributed by atoms with van der Waals surface area (Å²) in [6, 6.07) is 11.8. The van der Waals surface area contributed by atoms with Crippen LogP contribution in [0.1, 0.15) is 11.1 Å². The highest BCUT2D eigenvalue weighted by Gasteiger charge is 1.97. The normalized spacial score (nSPS) is 10.4. The summed E-state index contributed by atoms with van der Waals surface area (Å²) in [5, 5.41) is 3.32. The number of aromatic nitrogens is 1. The van der Waals surface area contributed by atoms with E-state index in [0.717, 1.165) is 25.1 Å². The first-order valence-corrected chi connectivity index (χ1v) is 5.77. The van der Waals surface area contributed by atoms with Crippen LogP contribution in [0.2, 0.25) is 0 Å². The molecule has 0 spiro atoms. The molecule has 1 aromatic heterocycles. The molecule has 0 unspecified atom stereocenters. The highest BCUT2D eigenvalue weighted by Crippen LogP contribution is 1.97. The van der Waals surface area contributed by atoms with E-state index < -0.39 is 0 Å². The number of nitrogens with one attached hydrogen (secondary N) is 2. The fourth-order valence-electron chi connectivity index (χ4n) is 1.70. The van der Waals surface area contributed by atoms with Crippen molar-refractivity contribution in [2.75, 3.05) is 6.54 Å². The van der Waals surface area contributed by atoms with Crippen LogP contribution in [0.15, 0.2) is 53.6 Å². The third kappa shape index (κ3) is 3.57. The second kappa shape index (κ2) is 6.01. The van der Waals surface area contributed by atoms with Gasteiger partial charge >= 0.3 is 0 Å². The predicted molar refractivity (Wildman–Crippen MR) is 68.9 cm³/mol. The largest absolute Gasteiger partial charge is 0.367 e. The van der Waals surface area contributed by atoms with Crippen LogP contribution in [0.3, 0.4) is 0 Å². The smallest absolute Gasteiger partial charge is 0.184 e. The number of pyridine rings is 1. The SMILES string of the molecule is O=c1cc[nH]cc1CCNCc1ccccc1. The minimum atomic E-state index is 0.102. The molecular formula is C14H16N2O.